The van der Waals surface area contributed by atoms with E-state index in [1.54, 1.807) is 19.2 Å². The Hall–Kier alpha value is -3.41. The number of rotatable bonds is 5. The Labute approximate surface area is 158 Å². The van der Waals surface area contributed by atoms with Gasteiger partial charge < -0.3 is 15.4 Å². The van der Waals surface area contributed by atoms with Gasteiger partial charge in [0.1, 0.15) is 5.75 Å². The lowest BCUT2D eigenvalue weighted by Crippen LogP contribution is -2.15. The normalized spacial score (nSPS) is 10.4. The van der Waals surface area contributed by atoms with Gasteiger partial charge in [0, 0.05) is 5.69 Å². The van der Waals surface area contributed by atoms with Crippen LogP contribution in [-0.2, 0) is 0 Å². The van der Waals surface area contributed by atoms with Gasteiger partial charge in [0.05, 0.1) is 12.8 Å². The van der Waals surface area contributed by atoms with Crippen LogP contribution in [0.2, 0.25) is 0 Å². The van der Waals surface area contributed by atoms with Crippen molar-refractivity contribution in [3.05, 3.63) is 70.9 Å². The summed E-state index contributed by atoms with van der Waals surface area (Å²) in [5.74, 6) is 0.940. The fourth-order valence-electron chi connectivity index (χ4n) is 2.72. The number of carbonyl (C=O) groups is 1. The number of aromatic nitrogens is 2. The van der Waals surface area contributed by atoms with Crippen LogP contribution in [0.3, 0.4) is 0 Å². The third-order valence-corrected chi connectivity index (χ3v) is 4.15. The Kier molecular flexibility index (Phi) is 5.35. The van der Waals surface area contributed by atoms with Gasteiger partial charge >= 0.3 is 0 Å². The predicted octanol–water partition coefficient (Wildman–Crippen LogP) is 4.41. The van der Waals surface area contributed by atoms with E-state index in [9.17, 15) is 4.79 Å². The van der Waals surface area contributed by atoms with E-state index in [2.05, 4.69) is 20.8 Å². The van der Waals surface area contributed by atoms with Crippen LogP contribution in [0, 0.1) is 20.8 Å². The maximum Gasteiger partial charge on any atom is 0.276 e. The number of ether oxygens (including phenoxy) is 1. The molecule has 1 amide bonds. The summed E-state index contributed by atoms with van der Waals surface area (Å²) in [5, 5.41) is 14.2. The van der Waals surface area contributed by atoms with E-state index in [1.165, 1.54) is 0 Å². The van der Waals surface area contributed by atoms with E-state index in [0.29, 0.717) is 11.6 Å². The van der Waals surface area contributed by atoms with E-state index in [4.69, 9.17) is 4.74 Å². The van der Waals surface area contributed by atoms with Gasteiger partial charge in [-0.05, 0) is 62.2 Å². The van der Waals surface area contributed by atoms with Crippen molar-refractivity contribution < 1.29 is 9.53 Å². The van der Waals surface area contributed by atoms with E-state index < -0.39 is 0 Å². The number of aryl methyl sites for hydroxylation is 3. The minimum atomic E-state index is -0.297. The Morgan fingerprint density at radius 3 is 2.30 bits per heavy atom. The number of anilines is 3. The number of amides is 1. The fourth-order valence-corrected chi connectivity index (χ4v) is 2.72. The molecule has 6 heteroatoms. The molecular weight excluding hydrogens is 340 g/mol. The third-order valence-electron chi connectivity index (χ3n) is 4.15. The zero-order valence-electron chi connectivity index (χ0n) is 15.8. The molecule has 1 aromatic heterocycles. The topological polar surface area (TPSA) is 76.1 Å². The number of hydrogen-bond acceptors (Lipinski definition) is 5. The van der Waals surface area contributed by atoms with Crippen LogP contribution in [0.25, 0.3) is 0 Å². The van der Waals surface area contributed by atoms with Crippen LogP contribution >= 0.6 is 0 Å². The van der Waals surface area contributed by atoms with E-state index in [-0.39, 0.29) is 11.6 Å². The molecule has 2 aromatic carbocycles. The summed E-state index contributed by atoms with van der Waals surface area (Å²) in [6.45, 7) is 5.96. The first-order valence-electron chi connectivity index (χ1n) is 8.60. The minimum absolute atomic E-state index is 0.247. The summed E-state index contributed by atoms with van der Waals surface area (Å²) in [7, 11) is 1.61. The first-order valence-corrected chi connectivity index (χ1v) is 8.60. The molecule has 0 unspecified atom stereocenters. The first-order chi connectivity index (χ1) is 13.0. The summed E-state index contributed by atoms with van der Waals surface area (Å²) in [6.07, 6.45) is 0. The zero-order valence-corrected chi connectivity index (χ0v) is 15.8. The smallest absolute Gasteiger partial charge is 0.276 e. The highest BCUT2D eigenvalue weighted by Crippen LogP contribution is 2.27. The zero-order chi connectivity index (χ0) is 19.4. The summed E-state index contributed by atoms with van der Waals surface area (Å²) < 4.78 is 5.35. The number of nitrogens with zero attached hydrogens (tertiary/aromatic N) is 2. The SMILES string of the molecule is COc1ccc(C)cc1Nc1ccc(C(=O)Nc2ccc(C)cc2C)nn1. The van der Waals surface area contributed by atoms with E-state index in [0.717, 1.165) is 28.1 Å². The largest absolute Gasteiger partial charge is 0.495 e. The number of hydrogen-bond donors (Lipinski definition) is 2. The minimum Gasteiger partial charge on any atom is -0.495 e. The predicted molar refractivity (Wildman–Crippen MR) is 107 cm³/mol. The molecule has 138 valence electrons. The van der Waals surface area contributed by atoms with Crippen LogP contribution in [0.15, 0.2) is 48.5 Å². The molecule has 0 bridgehead atoms. The highest BCUT2D eigenvalue weighted by Gasteiger charge is 2.11. The van der Waals surface area contributed by atoms with Crippen molar-refractivity contribution in [1.82, 2.24) is 10.2 Å². The van der Waals surface area contributed by atoms with Crippen LogP contribution in [0.4, 0.5) is 17.2 Å². The molecule has 1 heterocycles. The number of carbonyl (C=O) groups excluding carboxylic acids is 1. The molecule has 0 saturated carbocycles. The van der Waals surface area contributed by atoms with Gasteiger partial charge in [0.25, 0.3) is 5.91 Å². The highest BCUT2D eigenvalue weighted by molar-refractivity contribution is 6.03. The molecule has 0 fully saturated rings. The molecular formula is C21H22N4O2. The average molecular weight is 362 g/mol. The second-order valence-corrected chi connectivity index (χ2v) is 6.41. The van der Waals surface area contributed by atoms with Crippen LogP contribution < -0.4 is 15.4 Å². The highest BCUT2D eigenvalue weighted by atomic mass is 16.5. The lowest BCUT2D eigenvalue weighted by molar-refractivity contribution is 0.102. The van der Waals surface area contributed by atoms with Gasteiger partial charge in [-0.1, -0.05) is 23.8 Å². The number of methoxy groups -OCH3 is 1. The Morgan fingerprint density at radius 1 is 0.889 bits per heavy atom. The summed E-state index contributed by atoms with van der Waals surface area (Å²) in [4.78, 5) is 12.4. The summed E-state index contributed by atoms with van der Waals surface area (Å²) in [6, 6.07) is 15.0. The molecule has 6 nitrogen and oxygen atoms in total. The standard InChI is InChI=1S/C21H22N4O2/c1-13-5-7-16(15(3)11-13)23-21(26)17-8-10-20(25-24-17)22-18-12-14(2)6-9-19(18)27-4/h5-12H,1-4H3,(H,22,25)(H,23,26). The van der Waals surface area contributed by atoms with Crippen molar-refractivity contribution in [1.29, 1.82) is 0 Å². The van der Waals surface area contributed by atoms with Gasteiger partial charge in [-0.3, -0.25) is 4.79 Å². The molecule has 0 saturated heterocycles. The van der Waals surface area contributed by atoms with E-state index >= 15 is 0 Å². The van der Waals surface area contributed by atoms with Crippen molar-refractivity contribution >= 4 is 23.1 Å². The molecule has 3 aromatic rings. The van der Waals surface area contributed by atoms with Crippen molar-refractivity contribution in [2.45, 2.75) is 20.8 Å². The summed E-state index contributed by atoms with van der Waals surface area (Å²) in [5.41, 5.74) is 5.04. The monoisotopic (exact) mass is 362 g/mol. The number of nitrogens with one attached hydrogen (secondary N) is 2. The van der Waals surface area contributed by atoms with Crippen LogP contribution in [0.5, 0.6) is 5.75 Å². The van der Waals surface area contributed by atoms with Crippen molar-refractivity contribution in [2.75, 3.05) is 17.7 Å². The lowest BCUT2D eigenvalue weighted by atomic mass is 10.1. The van der Waals surface area contributed by atoms with Gasteiger partial charge in [-0.2, -0.15) is 0 Å². The van der Waals surface area contributed by atoms with E-state index in [1.807, 2.05) is 57.2 Å². The average Bonchev–Trinajstić information content (AvgIpc) is 2.65. The number of benzene rings is 2. The molecule has 0 aliphatic carbocycles. The molecule has 0 aliphatic rings. The quantitative estimate of drug-likeness (QED) is 0.703. The second kappa shape index (κ2) is 7.86. The molecule has 3 rings (SSSR count). The Morgan fingerprint density at radius 2 is 1.63 bits per heavy atom. The second-order valence-electron chi connectivity index (χ2n) is 6.41. The van der Waals surface area contributed by atoms with Crippen LogP contribution in [0.1, 0.15) is 27.2 Å². The molecule has 0 spiro atoms. The van der Waals surface area contributed by atoms with Gasteiger partial charge in [0.15, 0.2) is 11.5 Å². The molecule has 27 heavy (non-hydrogen) atoms. The Bertz CT molecular complexity index is 968. The molecule has 0 radical (unpaired) electrons. The Balaban J connectivity index is 1.73. The molecule has 0 aliphatic heterocycles. The first kappa shape index (κ1) is 18.4. The van der Waals surface area contributed by atoms with Crippen LogP contribution in [-0.4, -0.2) is 23.2 Å². The van der Waals surface area contributed by atoms with Gasteiger partial charge in [-0.15, -0.1) is 10.2 Å². The molecule has 2 N–H and O–H groups in total. The maximum absolute atomic E-state index is 12.4. The maximum atomic E-state index is 12.4. The lowest BCUT2D eigenvalue weighted by Gasteiger charge is -2.11. The van der Waals surface area contributed by atoms with Gasteiger partial charge in [-0.25, -0.2) is 0 Å². The van der Waals surface area contributed by atoms with Gasteiger partial charge in [0.2, 0.25) is 0 Å². The molecule has 0 atom stereocenters. The third kappa shape index (κ3) is 4.41. The van der Waals surface area contributed by atoms with Crippen molar-refractivity contribution in [2.24, 2.45) is 0 Å². The van der Waals surface area contributed by atoms with Crippen molar-refractivity contribution in [3.8, 4) is 5.75 Å². The fraction of sp³-hybridized carbons (Fsp3) is 0.190. The van der Waals surface area contributed by atoms with Crippen molar-refractivity contribution in [3.63, 3.8) is 0 Å². The summed E-state index contributed by atoms with van der Waals surface area (Å²) >= 11 is 0.